The summed E-state index contributed by atoms with van der Waals surface area (Å²) in [5.74, 6) is 0. The highest BCUT2D eigenvalue weighted by Crippen LogP contribution is 2.26. The van der Waals surface area contributed by atoms with Crippen molar-refractivity contribution in [2.45, 2.75) is 13.5 Å². The number of nitrogens with one attached hydrogen (secondary N) is 1. The highest BCUT2D eigenvalue weighted by atomic mass is 16.5. The van der Waals surface area contributed by atoms with Crippen molar-refractivity contribution in [1.82, 2.24) is 4.90 Å². The molecule has 1 aromatic carbocycles. The quantitative estimate of drug-likeness (QED) is 0.845. The van der Waals surface area contributed by atoms with E-state index in [1.807, 2.05) is 0 Å². The minimum Gasteiger partial charge on any atom is -0.384 e. The Balaban J connectivity index is 1.91. The van der Waals surface area contributed by atoms with Crippen LogP contribution in [0.1, 0.15) is 12.5 Å². The van der Waals surface area contributed by atoms with Gasteiger partial charge in [0.25, 0.3) is 0 Å². The second-order valence-corrected chi connectivity index (χ2v) is 5.60. The van der Waals surface area contributed by atoms with E-state index >= 15 is 0 Å². The van der Waals surface area contributed by atoms with Crippen LogP contribution in [0.2, 0.25) is 0 Å². The lowest BCUT2D eigenvalue weighted by atomic mass is 9.88. The van der Waals surface area contributed by atoms with E-state index in [2.05, 4.69) is 55.5 Å². The Morgan fingerprint density at radius 3 is 2.71 bits per heavy atom. The third kappa shape index (κ3) is 3.45. The van der Waals surface area contributed by atoms with Crippen LogP contribution in [0, 0.1) is 5.41 Å². The minimum atomic E-state index is 0.317. The number of hydrogen-bond donors (Lipinski definition) is 1. The fourth-order valence-electron chi connectivity index (χ4n) is 2.01. The molecule has 0 atom stereocenters. The molecule has 0 radical (unpaired) electrons. The zero-order chi connectivity index (χ0) is 12.3. The van der Waals surface area contributed by atoms with E-state index in [1.165, 1.54) is 11.3 Å². The largest absolute Gasteiger partial charge is 0.384 e. The van der Waals surface area contributed by atoms with E-state index in [4.69, 9.17) is 4.74 Å². The molecule has 0 amide bonds. The van der Waals surface area contributed by atoms with Gasteiger partial charge in [0.1, 0.15) is 0 Å². The molecule has 94 valence electrons. The summed E-state index contributed by atoms with van der Waals surface area (Å²) in [6, 6.07) is 8.63. The molecule has 1 aliphatic heterocycles. The Labute approximate surface area is 104 Å². The van der Waals surface area contributed by atoms with Gasteiger partial charge in [0.15, 0.2) is 0 Å². The third-order valence-corrected chi connectivity index (χ3v) is 3.05. The summed E-state index contributed by atoms with van der Waals surface area (Å²) in [5.41, 5.74) is 2.87. The van der Waals surface area contributed by atoms with Gasteiger partial charge in [0, 0.05) is 24.2 Å². The summed E-state index contributed by atoms with van der Waals surface area (Å²) in [4.78, 5) is 2.18. The Morgan fingerprint density at radius 1 is 1.35 bits per heavy atom. The first-order valence-electron chi connectivity index (χ1n) is 6.13. The second kappa shape index (κ2) is 5.07. The monoisotopic (exact) mass is 234 g/mol. The summed E-state index contributed by atoms with van der Waals surface area (Å²) in [6.45, 7) is 5.97. The van der Waals surface area contributed by atoms with Crippen LogP contribution in [-0.2, 0) is 11.3 Å². The van der Waals surface area contributed by atoms with Crippen LogP contribution in [0.5, 0.6) is 0 Å². The van der Waals surface area contributed by atoms with Crippen molar-refractivity contribution in [2.75, 3.05) is 39.2 Å². The van der Waals surface area contributed by atoms with Crippen LogP contribution in [0.25, 0.3) is 0 Å². The van der Waals surface area contributed by atoms with Gasteiger partial charge in [-0.25, -0.2) is 0 Å². The Bertz CT molecular complexity index is 372. The molecular weight excluding hydrogens is 212 g/mol. The molecule has 0 aliphatic carbocycles. The summed E-state index contributed by atoms with van der Waals surface area (Å²) in [6.07, 6.45) is 0. The molecule has 1 heterocycles. The van der Waals surface area contributed by atoms with Crippen molar-refractivity contribution < 1.29 is 4.74 Å². The molecule has 17 heavy (non-hydrogen) atoms. The molecule has 0 spiro atoms. The molecule has 2 rings (SSSR count). The first-order chi connectivity index (χ1) is 8.07. The summed E-state index contributed by atoms with van der Waals surface area (Å²) < 4.78 is 5.26. The lowest BCUT2D eigenvalue weighted by Gasteiger charge is -2.38. The van der Waals surface area contributed by atoms with Crippen LogP contribution in [0.4, 0.5) is 5.69 Å². The minimum absolute atomic E-state index is 0.317. The molecule has 0 unspecified atom stereocenters. The molecule has 1 aromatic rings. The number of benzene rings is 1. The predicted octanol–water partition coefficient (Wildman–Crippen LogP) is 2.20. The van der Waals surface area contributed by atoms with E-state index in [9.17, 15) is 0 Å². The zero-order valence-corrected chi connectivity index (χ0v) is 11.0. The molecule has 1 N–H and O–H groups in total. The summed E-state index contributed by atoms with van der Waals surface area (Å²) in [7, 11) is 4.18. The van der Waals surface area contributed by atoms with E-state index in [-0.39, 0.29) is 0 Å². The normalized spacial score (nSPS) is 17.9. The van der Waals surface area contributed by atoms with E-state index in [0.717, 1.165) is 26.3 Å². The van der Waals surface area contributed by atoms with Gasteiger partial charge in [-0.15, -0.1) is 0 Å². The number of nitrogens with zero attached hydrogens (tertiary/aromatic N) is 1. The third-order valence-electron chi connectivity index (χ3n) is 3.05. The molecule has 3 nitrogen and oxygen atoms in total. The number of rotatable bonds is 5. The summed E-state index contributed by atoms with van der Waals surface area (Å²) in [5, 5.41) is 3.50. The maximum atomic E-state index is 5.26. The maximum absolute atomic E-state index is 5.26. The van der Waals surface area contributed by atoms with Gasteiger partial charge in [0.2, 0.25) is 0 Å². The standard InChI is InChI=1S/C14H22N2O/c1-14(10-17-11-14)9-15-13-6-4-5-12(7-13)8-16(2)3/h4-7,15H,8-11H2,1-3H3. The number of hydrogen-bond acceptors (Lipinski definition) is 3. The van der Waals surface area contributed by atoms with E-state index in [0.29, 0.717) is 5.41 Å². The first kappa shape index (κ1) is 12.4. The SMILES string of the molecule is CN(C)Cc1cccc(NCC2(C)COC2)c1. The van der Waals surface area contributed by atoms with Crippen molar-refractivity contribution in [1.29, 1.82) is 0 Å². The van der Waals surface area contributed by atoms with Gasteiger partial charge in [-0.05, 0) is 31.8 Å². The van der Waals surface area contributed by atoms with Gasteiger partial charge in [-0.1, -0.05) is 19.1 Å². The zero-order valence-electron chi connectivity index (χ0n) is 11.0. The van der Waals surface area contributed by atoms with Gasteiger partial charge in [0.05, 0.1) is 13.2 Å². The van der Waals surface area contributed by atoms with Crippen molar-refractivity contribution in [2.24, 2.45) is 5.41 Å². The van der Waals surface area contributed by atoms with Crippen LogP contribution in [-0.4, -0.2) is 38.8 Å². The topological polar surface area (TPSA) is 24.5 Å². The smallest absolute Gasteiger partial charge is 0.0559 e. The maximum Gasteiger partial charge on any atom is 0.0559 e. The molecule has 3 heteroatoms. The average molecular weight is 234 g/mol. The predicted molar refractivity (Wildman–Crippen MR) is 71.2 cm³/mol. The fourth-order valence-corrected chi connectivity index (χ4v) is 2.01. The van der Waals surface area contributed by atoms with E-state index < -0.39 is 0 Å². The van der Waals surface area contributed by atoms with Gasteiger partial charge in [-0.3, -0.25) is 0 Å². The summed E-state index contributed by atoms with van der Waals surface area (Å²) >= 11 is 0. The molecule has 0 bridgehead atoms. The molecule has 1 fully saturated rings. The lowest BCUT2D eigenvalue weighted by Crippen LogP contribution is -2.45. The van der Waals surface area contributed by atoms with Gasteiger partial charge < -0.3 is 15.0 Å². The van der Waals surface area contributed by atoms with E-state index in [1.54, 1.807) is 0 Å². The van der Waals surface area contributed by atoms with Gasteiger partial charge >= 0.3 is 0 Å². The lowest BCUT2D eigenvalue weighted by molar-refractivity contribution is -0.0924. The fraction of sp³-hybridized carbons (Fsp3) is 0.571. The first-order valence-corrected chi connectivity index (χ1v) is 6.13. The Morgan fingerprint density at radius 2 is 2.12 bits per heavy atom. The highest BCUT2D eigenvalue weighted by Gasteiger charge is 2.32. The Kier molecular flexibility index (Phi) is 3.69. The molecule has 0 aromatic heterocycles. The number of ether oxygens (including phenoxy) is 1. The van der Waals surface area contributed by atoms with Crippen molar-refractivity contribution >= 4 is 5.69 Å². The second-order valence-electron chi connectivity index (χ2n) is 5.60. The van der Waals surface area contributed by atoms with Crippen molar-refractivity contribution in [3.8, 4) is 0 Å². The van der Waals surface area contributed by atoms with Crippen LogP contribution in [0.3, 0.4) is 0 Å². The van der Waals surface area contributed by atoms with Crippen LogP contribution in [0.15, 0.2) is 24.3 Å². The number of anilines is 1. The van der Waals surface area contributed by atoms with Crippen molar-refractivity contribution in [3.05, 3.63) is 29.8 Å². The molecule has 1 saturated heterocycles. The Hall–Kier alpha value is -1.06. The van der Waals surface area contributed by atoms with Crippen LogP contribution >= 0.6 is 0 Å². The van der Waals surface area contributed by atoms with Crippen molar-refractivity contribution in [3.63, 3.8) is 0 Å². The van der Waals surface area contributed by atoms with Crippen LogP contribution < -0.4 is 5.32 Å². The molecule has 1 aliphatic rings. The molecule has 0 saturated carbocycles. The average Bonchev–Trinajstić information content (AvgIpc) is 2.23. The molecular formula is C14H22N2O. The van der Waals surface area contributed by atoms with Gasteiger partial charge in [-0.2, -0.15) is 0 Å². The highest BCUT2D eigenvalue weighted by molar-refractivity contribution is 5.46.